The molecule has 0 fully saturated rings. The average molecular weight is 315 g/mol. The van der Waals surface area contributed by atoms with Gasteiger partial charge in [0, 0.05) is 16.5 Å². The number of furan rings is 1. The van der Waals surface area contributed by atoms with Crippen LogP contribution in [0.25, 0.3) is 21.9 Å². The fourth-order valence-electron chi connectivity index (χ4n) is 2.94. The van der Waals surface area contributed by atoms with Crippen LogP contribution in [0.2, 0.25) is 0 Å². The summed E-state index contributed by atoms with van der Waals surface area (Å²) in [6, 6.07) is 19.4. The molecular formula is C21H17NO2. The quantitative estimate of drug-likeness (QED) is 0.534. The second-order valence-electron chi connectivity index (χ2n) is 6.03. The zero-order valence-corrected chi connectivity index (χ0v) is 13.6. The second kappa shape index (κ2) is 5.53. The number of benzene rings is 3. The highest BCUT2D eigenvalue weighted by Crippen LogP contribution is 2.31. The Hall–Kier alpha value is -3.07. The lowest BCUT2D eigenvalue weighted by atomic mass is 10.1. The number of hydrogen-bond donors (Lipinski definition) is 1. The van der Waals surface area contributed by atoms with E-state index in [4.69, 9.17) is 4.42 Å². The topological polar surface area (TPSA) is 42.2 Å². The summed E-state index contributed by atoms with van der Waals surface area (Å²) in [5, 5.41) is 4.94. The molecule has 0 spiro atoms. The number of nitrogens with one attached hydrogen (secondary N) is 1. The molecule has 118 valence electrons. The fraction of sp³-hybridized carbons (Fsp3) is 0.0952. The highest BCUT2D eigenvalue weighted by molar-refractivity contribution is 6.16. The average Bonchev–Trinajstić information content (AvgIpc) is 2.97. The van der Waals surface area contributed by atoms with Gasteiger partial charge in [-0.2, -0.15) is 0 Å². The molecule has 0 atom stereocenters. The van der Waals surface area contributed by atoms with Crippen LogP contribution in [0.4, 0.5) is 5.69 Å². The molecule has 1 N–H and O–H groups in total. The van der Waals surface area contributed by atoms with Crippen molar-refractivity contribution in [1.29, 1.82) is 0 Å². The van der Waals surface area contributed by atoms with E-state index in [0.717, 1.165) is 27.6 Å². The number of rotatable bonds is 2. The Morgan fingerprint density at radius 1 is 0.875 bits per heavy atom. The lowest BCUT2D eigenvalue weighted by Crippen LogP contribution is -2.12. The Labute approximate surface area is 139 Å². The third kappa shape index (κ3) is 2.35. The molecule has 4 rings (SSSR count). The van der Waals surface area contributed by atoms with Crippen LogP contribution >= 0.6 is 0 Å². The number of para-hydroxylation sites is 2. The van der Waals surface area contributed by atoms with Crippen molar-refractivity contribution in [2.24, 2.45) is 0 Å². The van der Waals surface area contributed by atoms with Crippen molar-refractivity contribution in [3.05, 3.63) is 77.4 Å². The third-order valence-electron chi connectivity index (χ3n) is 4.41. The summed E-state index contributed by atoms with van der Waals surface area (Å²) in [6.45, 7) is 4.08. The summed E-state index contributed by atoms with van der Waals surface area (Å²) in [5.74, 6) is -0.164. The highest BCUT2D eigenvalue weighted by atomic mass is 16.3. The van der Waals surface area contributed by atoms with Gasteiger partial charge >= 0.3 is 0 Å². The minimum absolute atomic E-state index is 0.164. The number of anilines is 1. The Morgan fingerprint density at radius 2 is 1.67 bits per heavy atom. The molecule has 0 aliphatic heterocycles. The molecule has 0 saturated carbocycles. The molecule has 0 unspecified atom stereocenters. The van der Waals surface area contributed by atoms with Gasteiger partial charge in [-0.15, -0.1) is 0 Å². The minimum Gasteiger partial charge on any atom is -0.455 e. The normalized spacial score (nSPS) is 11.1. The van der Waals surface area contributed by atoms with Crippen molar-refractivity contribution in [2.45, 2.75) is 13.8 Å². The molecule has 0 bridgehead atoms. The first-order chi connectivity index (χ1) is 11.6. The molecule has 1 aromatic heterocycles. The van der Waals surface area contributed by atoms with Gasteiger partial charge in [-0.05, 0) is 49.2 Å². The van der Waals surface area contributed by atoms with Crippen LogP contribution in [0.1, 0.15) is 21.5 Å². The molecule has 0 aliphatic carbocycles. The van der Waals surface area contributed by atoms with Crippen LogP contribution < -0.4 is 5.32 Å². The zero-order chi connectivity index (χ0) is 16.7. The van der Waals surface area contributed by atoms with Crippen LogP contribution in [0.5, 0.6) is 0 Å². The van der Waals surface area contributed by atoms with Gasteiger partial charge in [0.15, 0.2) is 0 Å². The molecule has 4 aromatic rings. The van der Waals surface area contributed by atoms with Gasteiger partial charge < -0.3 is 9.73 Å². The van der Waals surface area contributed by atoms with E-state index in [1.54, 1.807) is 6.07 Å². The predicted molar refractivity (Wildman–Crippen MR) is 97.6 cm³/mol. The largest absolute Gasteiger partial charge is 0.455 e. The van der Waals surface area contributed by atoms with E-state index in [1.165, 1.54) is 5.56 Å². The number of aryl methyl sites for hydroxylation is 2. The molecule has 0 saturated heterocycles. The van der Waals surface area contributed by atoms with E-state index in [1.807, 2.05) is 61.5 Å². The molecule has 1 amide bonds. The van der Waals surface area contributed by atoms with Gasteiger partial charge in [-0.25, -0.2) is 0 Å². The number of carbonyl (C=O) groups excluding carboxylic acids is 1. The molecule has 24 heavy (non-hydrogen) atoms. The van der Waals surface area contributed by atoms with Gasteiger partial charge in [-0.3, -0.25) is 4.79 Å². The Kier molecular flexibility index (Phi) is 3.35. The monoisotopic (exact) mass is 315 g/mol. The molecule has 3 aromatic carbocycles. The summed E-state index contributed by atoms with van der Waals surface area (Å²) in [4.78, 5) is 12.7. The van der Waals surface area contributed by atoms with Crippen molar-refractivity contribution < 1.29 is 9.21 Å². The highest BCUT2D eigenvalue weighted by Gasteiger charge is 2.15. The standard InChI is InChI=1S/C21H17NO2/c1-13-10-11-15(12-14(13)2)22-21(23)18-8-5-7-17-16-6-3-4-9-19(16)24-20(17)18/h3-12H,1-2H3,(H,22,23). The molecule has 0 radical (unpaired) electrons. The van der Waals surface area contributed by atoms with E-state index in [9.17, 15) is 4.79 Å². The van der Waals surface area contributed by atoms with Gasteiger partial charge in [0.25, 0.3) is 5.91 Å². The molecule has 3 heteroatoms. The maximum Gasteiger partial charge on any atom is 0.259 e. The van der Waals surface area contributed by atoms with E-state index >= 15 is 0 Å². The second-order valence-corrected chi connectivity index (χ2v) is 6.03. The smallest absolute Gasteiger partial charge is 0.259 e. The summed E-state index contributed by atoms with van der Waals surface area (Å²) >= 11 is 0. The Bertz CT molecular complexity index is 1080. The van der Waals surface area contributed by atoms with Crippen LogP contribution in [0.15, 0.2) is 65.1 Å². The lowest BCUT2D eigenvalue weighted by Gasteiger charge is -2.08. The first kappa shape index (κ1) is 14.5. The Morgan fingerprint density at radius 3 is 2.50 bits per heavy atom. The first-order valence-electron chi connectivity index (χ1n) is 7.92. The van der Waals surface area contributed by atoms with Crippen LogP contribution in [-0.2, 0) is 0 Å². The van der Waals surface area contributed by atoms with Crippen molar-refractivity contribution in [3.63, 3.8) is 0 Å². The van der Waals surface area contributed by atoms with Gasteiger partial charge in [0.2, 0.25) is 0 Å². The SMILES string of the molecule is Cc1ccc(NC(=O)c2cccc3c2oc2ccccc23)cc1C. The van der Waals surface area contributed by atoms with Crippen LogP contribution in [0.3, 0.4) is 0 Å². The summed E-state index contributed by atoms with van der Waals surface area (Å²) < 4.78 is 5.92. The van der Waals surface area contributed by atoms with Gasteiger partial charge in [0.05, 0.1) is 5.56 Å². The van der Waals surface area contributed by atoms with Gasteiger partial charge in [-0.1, -0.05) is 36.4 Å². The Balaban J connectivity index is 1.78. The molecule has 0 aliphatic rings. The number of carbonyl (C=O) groups is 1. The van der Waals surface area contributed by atoms with E-state index in [-0.39, 0.29) is 5.91 Å². The summed E-state index contributed by atoms with van der Waals surface area (Å²) in [6.07, 6.45) is 0. The number of fused-ring (bicyclic) bond motifs is 3. The maximum atomic E-state index is 12.7. The van der Waals surface area contributed by atoms with E-state index in [2.05, 4.69) is 12.2 Å². The van der Waals surface area contributed by atoms with Crippen molar-refractivity contribution in [1.82, 2.24) is 0 Å². The lowest BCUT2D eigenvalue weighted by molar-refractivity contribution is 0.102. The predicted octanol–water partition coefficient (Wildman–Crippen LogP) is 5.46. The summed E-state index contributed by atoms with van der Waals surface area (Å²) in [5.41, 5.74) is 5.10. The number of amides is 1. The maximum absolute atomic E-state index is 12.7. The van der Waals surface area contributed by atoms with Crippen molar-refractivity contribution >= 4 is 33.5 Å². The minimum atomic E-state index is -0.164. The molecular weight excluding hydrogens is 298 g/mol. The first-order valence-corrected chi connectivity index (χ1v) is 7.92. The molecule has 1 heterocycles. The van der Waals surface area contributed by atoms with Crippen molar-refractivity contribution in [3.8, 4) is 0 Å². The van der Waals surface area contributed by atoms with Crippen LogP contribution in [-0.4, -0.2) is 5.91 Å². The number of hydrogen-bond acceptors (Lipinski definition) is 2. The van der Waals surface area contributed by atoms with Crippen LogP contribution in [0, 0.1) is 13.8 Å². The van der Waals surface area contributed by atoms with E-state index in [0.29, 0.717) is 11.1 Å². The third-order valence-corrected chi connectivity index (χ3v) is 4.41. The fourth-order valence-corrected chi connectivity index (χ4v) is 2.94. The summed E-state index contributed by atoms with van der Waals surface area (Å²) in [7, 11) is 0. The van der Waals surface area contributed by atoms with Gasteiger partial charge in [0.1, 0.15) is 11.2 Å². The zero-order valence-electron chi connectivity index (χ0n) is 13.6. The van der Waals surface area contributed by atoms with Crippen molar-refractivity contribution in [2.75, 3.05) is 5.32 Å². The van der Waals surface area contributed by atoms with E-state index < -0.39 is 0 Å². The molecule has 3 nitrogen and oxygen atoms in total.